The summed E-state index contributed by atoms with van der Waals surface area (Å²) in [5.41, 5.74) is 9.89. The Morgan fingerprint density at radius 3 is 1.83 bits per heavy atom. The number of anilines is 2. The molecule has 4 nitrogen and oxygen atoms in total. The van der Waals surface area contributed by atoms with Crippen molar-refractivity contribution in [1.82, 2.24) is 0 Å². The van der Waals surface area contributed by atoms with Gasteiger partial charge in [-0.2, -0.15) is 4.57 Å². The molecule has 1 aromatic heterocycles. The molecule has 0 atom stereocenters. The predicted molar refractivity (Wildman–Crippen MR) is 203 cm³/mol. The van der Waals surface area contributed by atoms with Crippen molar-refractivity contribution in [2.45, 2.75) is 40.8 Å². The molecule has 3 aromatic carbocycles. The summed E-state index contributed by atoms with van der Waals surface area (Å²) in [4.78, 5) is 4.73. The third-order valence-electron chi connectivity index (χ3n) is 8.49. The Morgan fingerprint density at radius 1 is 0.660 bits per heavy atom. The molecule has 0 amide bonds. The van der Waals surface area contributed by atoms with Gasteiger partial charge in [0.1, 0.15) is 12.2 Å². The number of rotatable bonds is 17. The van der Waals surface area contributed by atoms with E-state index in [-0.39, 0.29) is 0 Å². The summed E-state index contributed by atoms with van der Waals surface area (Å²) in [5.74, 6) is 0. The van der Waals surface area contributed by atoms with Crippen molar-refractivity contribution in [1.29, 1.82) is 0 Å². The lowest BCUT2D eigenvalue weighted by Gasteiger charge is -2.20. The molecule has 47 heavy (non-hydrogen) atoms. The predicted octanol–water partition coefficient (Wildman–Crippen LogP) is 8.29. The van der Waals surface area contributed by atoms with Gasteiger partial charge in [-0.15, -0.1) is 0 Å². The maximum absolute atomic E-state index is 3.83. The van der Waals surface area contributed by atoms with Crippen molar-refractivity contribution in [3.8, 4) is 0 Å². The molecule has 0 saturated carbocycles. The second kappa shape index (κ2) is 18.9. The van der Waals surface area contributed by atoms with Gasteiger partial charge in [-0.25, -0.2) is 0 Å². The first-order chi connectivity index (χ1) is 23.1. The van der Waals surface area contributed by atoms with Gasteiger partial charge in [-0.3, -0.25) is 0 Å². The molecule has 0 fully saturated rings. The van der Waals surface area contributed by atoms with Gasteiger partial charge in [-0.1, -0.05) is 73.3 Å². The smallest absolute Gasteiger partial charge is 0.205 e. The maximum Gasteiger partial charge on any atom is 0.205 e. The van der Waals surface area contributed by atoms with Crippen molar-refractivity contribution in [2.24, 2.45) is 0 Å². The molecule has 0 saturated heterocycles. The molecule has 0 bridgehead atoms. The summed E-state index contributed by atoms with van der Waals surface area (Å²) in [6.45, 7) is 18.3. The van der Waals surface area contributed by atoms with Crippen molar-refractivity contribution in [3.05, 3.63) is 168 Å². The van der Waals surface area contributed by atoms with Crippen molar-refractivity contribution < 1.29 is 9.88 Å². The van der Waals surface area contributed by atoms with Gasteiger partial charge in [0.2, 0.25) is 5.69 Å². The van der Waals surface area contributed by atoms with E-state index in [9.17, 15) is 0 Å². The Kier molecular flexibility index (Phi) is 14.0. The summed E-state index contributed by atoms with van der Waals surface area (Å²) in [5, 5.41) is 2.31. The zero-order valence-electron chi connectivity index (χ0n) is 28.7. The molecule has 1 heterocycles. The lowest BCUT2D eigenvalue weighted by atomic mass is 10.1. The first kappa shape index (κ1) is 34.9. The van der Waals surface area contributed by atoms with E-state index in [2.05, 4.69) is 182 Å². The molecule has 0 unspecified atom stereocenters. The Bertz CT molecular complexity index is 1650. The monoisotopic (exact) mass is 624 g/mol. The van der Waals surface area contributed by atoms with Gasteiger partial charge in [-0.05, 0) is 93.5 Å². The molecule has 0 aliphatic heterocycles. The van der Waals surface area contributed by atoms with Crippen LogP contribution in [0.4, 0.5) is 11.4 Å². The van der Waals surface area contributed by atoms with Crippen LogP contribution in [0.25, 0.3) is 18.2 Å². The van der Waals surface area contributed by atoms with E-state index in [0.717, 1.165) is 45.0 Å². The second-order valence-corrected chi connectivity index (χ2v) is 11.4. The van der Waals surface area contributed by atoms with Gasteiger partial charge >= 0.3 is 0 Å². The zero-order valence-corrected chi connectivity index (χ0v) is 28.7. The number of benzene rings is 3. The Labute approximate surface area is 283 Å². The zero-order chi connectivity index (χ0) is 33.3. The van der Waals surface area contributed by atoms with Crippen molar-refractivity contribution in [3.63, 3.8) is 0 Å². The van der Waals surface area contributed by atoms with E-state index in [1.807, 2.05) is 18.2 Å². The Balaban J connectivity index is 1.48. The van der Waals surface area contributed by atoms with Gasteiger partial charge in [0.05, 0.1) is 0 Å². The lowest BCUT2D eigenvalue weighted by Crippen LogP contribution is -2.80. The fraction of sp³-hybridized carbons (Fsp3) is 0.233. The van der Waals surface area contributed by atoms with E-state index in [1.54, 1.807) is 0 Å². The average molecular weight is 625 g/mol. The third kappa shape index (κ3) is 10.6. The maximum atomic E-state index is 3.83. The highest BCUT2D eigenvalue weighted by Crippen LogP contribution is 2.18. The van der Waals surface area contributed by atoms with E-state index in [4.69, 9.17) is 0 Å². The highest BCUT2D eigenvalue weighted by Gasteiger charge is 2.13. The summed E-state index contributed by atoms with van der Waals surface area (Å²) in [7, 11) is 0. The van der Waals surface area contributed by atoms with Gasteiger partial charge in [0.15, 0.2) is 12.7 Å². The fourth-order valence-corrected chi connectivity index (χ4v) is 5.69. The van der Waals surface area contributed by atoms with E-state index < -0.39 is 0 Å². The standard InChI is InChI=1S/C43H51N4/c1-6-11-12-19-40(27-21-36-23-29-42(30-24-36)45(7-2)8-3)44-34-38-17-13-14-18-39(38)35-47-33-16-15-20-41(47)28-22-37-25-31-43(32-26-37)46(9-4)10-5/h6,11-33,44H,1,7-10,34-35H2,2-5H3/q+1/p+1. The molecular formula is C43H52N4+2. The highest BCUT2D eigenvalue weighted by molar-refractivity contribution is 5.68. The molecule has 0 spiro atoms. The van der Waals surface area contributed by atoms with Crippen LogP contribution in [0.15, 0.2) is 140 Å². The second-order valence-electron chi connectivity index (χ2n) is 11.4. The van der Waals surface area contributed by atoms with Crippen LogP contribution >= 0.6 is 0 Å². The summed E-state index contributed by atoms with van der Waals surface area (Å²) in [6.07, 6.45) is 19.0. The molecule has 4 aromatic rings. The third-order valence-corrected chi connectivity index (χ3v) is 8.49. The largest absolute Gasteiger partial charge is 0.372 e. The molecule has 4 rings (SSSR count). The summed E-state index contributed by atoms with van der Waals surface area (Å²) >= 11 is 0. The molecule has 2 N–H and O–H groups in total. The first-order valence-electron chi connectivity index (χ1n) is 17.0. The molecule has 242 valence electrons. The summed E-state index contributed by atoms with van der Waals surface area (Å²) < 4.78 is 2.32. The topological polar surface area (TPSA) is 27.0 Å². The normalized spacial score (nSPS) is 12.0. The molecule has 0 aliphatic carbocycles. The van der Waals surface area contributed by atoms with Crippen molar-refractivity contribution in [2.75, 3.05) is 36.0 Å². The minimum atomic E-state index is 0.801. The number of pyridine rings is 1. The van der Waals surface area contributed by atoms with Crippen LogP contribution in [-0.4, -0.2) is 26.2 Å². The number of aromatic nitrogens is 1. The van der Waals surface area contributed by atoms with Crippen molar-refractivity contribution >= 4 is 29.6 Å². The van der Waals surface area contributed by atoms with Crippen LogP contribution in [0.5, 0.6) is 0 Å². The highest BCUT2D eigenvalue weighted by atomic mass is 15.1. The molecular weight excluding hydrogens is 573 g/mol. The van der Waals surface area contributed by atoms with Gasteiger partial charge in [0, 0.05) is 66.9 Å². The van der Waals surface area contributed by atoms with E-state index in [1.165, 1.54) is 39.3 Å². The van der Waals surface area contributed by atoms with Gasteiger partial charge in [0.25, 0.3) is 0 Å². The number of hydrogen-bond donors (Lipinski definition) is 1. The Morgan fingerprint density at radius 2 is 1.23 bits per heavy atom. The lowest BCUT2D eigenvalue weighted by molar-refractivity contribution is -0.690. The molecule has 0 radical (unpaired) electrons. The first-order valence-corrected chi connectivity index (χ1v) is 17.0. The van der Waals surface area contributed by atoms with Crippen LogP contribution in [-0.2, 0) is 13.1 Å². The van der Waals surface area contributed by atoms with Crippen LogP contribution in [0, 0.1) is 0 Å². The average Bonchev–Trinajstić information content (AvgIpc) is 3.11. The van der Waals surface area contributed by atoms with Crippen LogP contribution < -0.4 is 19.7 Å². The molecule has 4 heteroatoms. The fourth-order valence-electron chi connectivity index (χ4n) is 5.69. The molecule has 0 aliphatic rings. The SMILES string of the molecule is C=CC=CC=C(C=Cc1ccc(N(CC)CC)cc1)[NH2+]Cc1ccccc1C[n+]1ccccc1C=Cc1ccc(N(CC)CC)cc1. The van der Waals surface area contributed by atoms with Crippen LogP contribution in [0.2, 0.25) is 0 Å². The van der Waals surface area contributed by atoms with Crippen LogP contribution in [0.3, 0.4) is 0 Å². The number of hydrogen-bond acceptors (Lipinski definition) is 2. The Hall–Kier alpha value is -4.93. The minimum absolute atomic E-state index is 0.801. The van der Waals surface area contributed by atoms with E-state index >= 15 is 0 Å². The number of allylic oxidation sites excluding steroid dienone is 5. The van der Waals surface area contributed by atoms with Crippen LogP contribution in [0.1, 0.15) is 55.6 Å². The number of nitrogens with zero attached hydrogens (tertiary/aromatic N) is 3. The minimum Gasteiger partial charge on any atom is -0.372 e. The summed E-state index contributed by atoms with van der Waals surface area (Å²) in [6, 6.07) is 32.8. The number of quaternary nitrogens is 1. The van der Waals surface area contributed by atoms with Gasteiger partial charge < -0.3 is 15.1 Å². The van der Waals surface area contributed by atoms with E-state index in [0.29, 0.717) is 0 Å². The quantitative estimate of drug-likeness (QED) is 0.0946. The number of nitrogens with two attached hydrogens (primary N) is 1.